The van der Waals surface area contributed by atoms with Crippen molar-refractivity contribution in [1.29, 1.82) is 0 Å². The molecule has 4 rings (SSSR count). The zero-order valence-electron chi connectivity index (χ0n) is 15.0. The Kier molecular flexibility index (Phi) is 4.75. The molecule has 3 heterocycles. The number of hydrogen-bond acceptors (Lipinski definition) is 4. The summed E-state index contributed by atoms with van der Waals surface area (Å²) in [5, 5.41) is 4.73. The van der Waals surface area contributed by atoms with Crippen LogP contribution in [0.3, 0.4) is 0 Å². The van der Waals surface area contributed by atoms with Crippen LogP contribution in [-0.4, -0.2) is 40.8 Å². The van der Waals surface area contributed by atoms with Gasteiger partial charge < -0.3 is 9.47 Å². The van der Waals surface area contributed by atoms with Gasteiger partial charge in [-0.25, -0.2) is 8.42 Å². The first-order valence-electron chi connectivity index (χ1n) is 9.15. The van der Waals surface area contributed by atoms with Crippen molar-refractivity contribution in [2.45, 2.75) is 32.5 Å². The number of aromatic nitrogens is 3. The summed E-state index contributed by atoms with van der Waals surface area (Å²) in [5.41, 5.74) is 2.86. The van der Waals surface area contributed by atoms with Gasteiger partial charge in [0.2, 0.25) is 4.77 Å². The van der Waals surface area contributed by atoms with Gasteiger partial charge in [0.15, 0.2) is 16.5 Å². The number of sulfone groups is 1. The standard InChI is InChI=1S/C18H24N4O2S2/c1-20-17(10-14-7-9-26(23,24)12-14)19-22(18(20)25)13-21-8-6-15-4-2-3-5-16(15)11-21/h2-5,14H,6-13H2,1H3/p+1/t14-/m1/s1. The summed E-state index contributed by atoms with van der Waals surface area (Å²) in [6.45, 7) is 2.82. The molecule has 8 heteroatoms. The Hall–Kier alpha value is -1.51. The lowest BCUT2D eigenvalue weighted by atomic mass is 10.0. The summed E-state index contributed by atoms with van der Waals surface area (Å²) >= 11 is 5.58. The molecule has 1 fully saturated rings. The molecule has 1 N–H and O–H groups in total. The summed E-state index contributed by atoms with van der Waals surface area (Å²) in [7, 11) is -0.921. The molecule has 1 aromatic carbocycles. The average Bonchev–Trinajstić information content (AvgIpc) is 3.09. The summed E-state index contributed by atoms with van der Waals surface area (Å²) in [6, 6.07) is 8.63. The van der Waals surface area contributed by atoms with Crippen LogP contribution in [0.4, 0.5) is 0 Å². The van der Waals surface area contributed by atoms with Crippen molar-refractivity contribution in [2.75, 3.05) is 18.1 Å². The highest BCUT2D eigenvalue weighted by Crippen LogP contribution is 2.22. The largest absolute Gasteiger partial charge is 0.312 e. The van der Waals surface area contributed by atoms with Crippen LogP contribution in [0.1, 0.15) is 23.4 Å². The van der Waals surface area contributed by atoms with Crippen LogP contribution in [0, 0.1) is 10.7 Å². The fourth-order valence-corrected chi connectivity index (χ4v) is 6.17. The zero-order valence-corrected chi connectivity index (χ0v) is 16.7. The molecule has 2 aromatic rings. The van der Waals surface area contributed by atoms with Crippen LogP contribution in [0.2, 0.25) is 0 Å². The van der Waals surface area contributed by atoms with Gasteiger partial charge in [0.25, 0.3) is 0 Å². The van der Waals surface area contributed by atoms with Crippen molar-refractivity contribution in [1.82, 2.24) is 14.3 Å². The molecule has 0 radical (unpaired) electrons. The van der Waals surface area contributed by atoms with E-state index in [9.17, 15) is 8.42 Å². The van der Waals surface area contributed by atoms with Crippen LogP contribution >= 0.6 is 12.2 Å². The summed E-state index contributed by atoms with van der Waals surface area (Å²) in [4.78, 5) is 1.45. The second-order valence-electron chi connectivity index (χ2n) is 7.58. The van der Waals surface area contributed by atoms with E-state index in [0.717, 1.165) is 38.4 Å². The smallest absolute Gasteiger partial charge is 0.202 e. The summed E-state index contributed by atoms with van der Waals surface area (Å²) in [6.07, 6.45) is 2.50. The number of benzene rings is 1. The first-order valence-corrected chi connectivity index (χ1v) is 11.4. The zero-order chi connectivity index (χ0) is 18.3. The minimum absolute atomic E-state index is 0.165. The fraction of sp³-hybridized carbons (Fsp3) is 0.556. The highest BCUT2D eigenvalue weighted by atomic mass is 32.2. The second-order valence-corrected chi connectivity index (χ2v) is 10.2. The van der Waals surface area contributed by atoms with Crippen LogP contribution < -0.4 is 4.90 Å². The van der Waals surface area contributed by atoms with E-state index in [1.54, 1.807) is 0 Å². The molecule has 2 atom stereocenters. The van der Waals surface area contributed by atoms with E-state index in [0.29, 0.717) is 16.9 Å². The maximum Gasteiger partial charge on any atom is 0.202 e. The van der Waals surface area contributed by atoms with Gasteiger partial charge in [0, 0.05) is 25.5 Å². The van der Waals surface area contributed by atoms with Crippen molar-refractivity contribution in [3.63, 3.8) is 0 Å². The van der Waals surface area contributed by atoms with E-state index in [2.05, 4.69) is 24.3 Å². The SMILES string of the molecule is Cn1c(C[C@H]2CCS(=O)(=O)C2)nn(C[NH+]2CCc3ccccc3C2)c1=S. The Morgan fingerprint density at radius 3 is 2.81 bits per heavy atom. The van der Waals surface area contributed by atoms with Crippen molar-refractivity contribution in [3.8, 4) is 0 Å². The number of nitrogens with one attached hydrogen (secondary N) is 1. The number of rotatable bonds is 4. The molecule has 0 aliphatic carbocycles. The molecule has 1 unspecified atom stereocenters. The minimum Gasteiger partial charge on any atom is -0.312 e. The van der Waals surface area contributed by atoms with Gasteiger partial charge in [0.05, 0.1) is 18.1 Å². The monoisotopic (exact) mass is 393 g/mol. The summed E-state index contributed by atoms with van der Waals surface area (Å²) in [5.74, 6) is 1.65. The second kappa shape index (κ2) is 6.90. The lowest BCUT2D eigenvalue weighted by molar-refractivity contribution is -0.939. The number of hydrogen-bond donors (Lipinski definition) is 1. The molecule has 6 nitrogen and oxygen atoms in total. The molecular formula is C18H25N4O2S2+. The highest BCUT2D eigenvalue weighted by Gasteiger charge is 2.29. The van der Waals surface area contributed by atoms with Crippen molar-refractivity contribution in [3.05, 3.63) is 46.0 Å². The Bertz CT molecular complexity index is 977. The highest BCUT2D eigenvalue weighted by molar-refractivity contribution is 7.91. The lowest BCUT2D eigenvalue weighted by Gasteiger charge is -2.25. The topological polar surface area (TPSA) is 61.3 Å². The van der Waals surface area contributed by atoms with E-state index >= 15 is 0 Å². The molecule has 0 spiro atoms. The van der Waals surface area contributed by atoms with Crippen molar-refractivity contribution in [2.24, 2.45) is 13.0 Å². The minimum atomic E-state index is -2.86. The Morgan fingerprint density at radius 1 is 1.31 bits per heavy atom. The molecule has 0 bridgehead atoms. The molecule has 140 valence electrons. The molecule has 1 aromatic heterocycles. The maximum absolute atomic E-state index is 11.7. The van der Waals surface area contributed by atoms with E-state index in [4.69, 9.17) is 17.3 Å². The predicted molar refractivity (Wildman–Crippen MR) is 102 cm³/mol. The Balaban J connectivity index is 1.47. The molecular weight excluding hydrogens is 368 g/mol. The molecule has 2 aliphatic heterocycles. The third-order valence-corrected chi connectivity index (χ3v) is 7.93. The first kappa shape index (κ1) is 17.9. The third-order valence-electron chi connectivity index (χ3n) is 5.61. The van der Waals surface area contributed by atoms with Crippen LogP contribution in [-0.2, 0) is 42.9 Å². The number of nitrogens with zero attached hydrogens (tertiary/aromatic N) is 3. The van der Waals surface area contributed by atoms with Gasteiger partial charge in [-0.2, -0.15) is 9.78 Å². The number of fused-ring (bicyclic) bond motifs is 1. The van der Waals surface area contributed by atoms with Crippen molar-refractivity contribution < 1.29 is 13.3 Å². The predicted octanol–water partition coefficient (Wildman–Crippen LogP) is 0.527. The van der Waals surface area contributed by atoms with Gasteiger partial charge >= 0.3 is 0 Å². The van der Waals surface area contributed by atoms with Gasteiger partial charge in [-0.1, -0.05) is 24.3 Å². The van der Waals surface area contributed by atoms with Crippen molar-refractivity contribution >= 4 is 22.1 Å². The average molecular weight is 394 g/mol. The van der Waals surface area contributed by atoms with Crippen LogP contribution in [0.5, 0.6) is 0 Å². The quantitative estimate of drug-likeness (QED) is 0.770. The molecule has 1 saturated heterocycles. The van der Waals surface area contributed by atoms with E-state index in [1.807, 2.05) is 16.3 Å². The Morgan fingerprint density at radius 2 is 2.08 bits per heavy atom. The molecule has 2 aliphatic rings. The molecule has 26 heavy (non-hydrogen) atoms. The molecule has 0 saturated carbocycles. The van der Waals surface area contributed by atoms with Gasteiger partial charge in [-0.15, -0.1) is 0 Å². The first-order chi connectivity index (χ1) is 12.4. The van der Waals surface area contributed by atoms with Gasteiger partial charge in [-0.05, 0) is 30.1 Å². The summed E-state index contributed by atoms with van der Waals surface area (Å²) < 4.78 is 28.0. The Labute approximate surface area is 159 Å². The van der Waals surface area contributed by atoms with E-state index < -0.39 is 9.84 Å². The number of quaternary nitrogens is 1. The maximum atomic E-state index is 11.7. The van der Waals surface area contributed by atoms with Crippen LogP contribution in [0.15, 0.2) is 24.3 Å². The van der Waals surface area contributed by atoms with Gasteiger partial charge in [0.1, 0.15) is 12.4 Å². The molecule has 0 amide bonds. The fourth-order valence-electron chi connectivity index (χ4n) is 4.09. The van der Waals surface area contributed by atoms with Crippen LogP contribution in [0.25, 0.3) is 0 Å². The van der Waals surface area contributed by atoms with E-state index in [-0.39, 0.29) is 11.7 Å². The normalized spacial score (nSPS) is 24.5. The lowest BCUT2D eigenvalue weighted by Crippen LogP contribution is -3.11. The third kappa shape index (κ3) is 3.63. The van der Waals surface area contributed by atoms with Gasteiger partial charge in [-0.3, -0.25) is 0 Å². The van der Waals surface area contributed by atoms with E-state index in [1.165, 1.54) is 16.0 Å².